The molecule has 0 radical (unpaired) electrons. The van der Waals surface area contributed by atoms with E-state index < -0.39 is 11.2 Å². The van der Waals surface area contributed by atoms with E-state index in [0.717, 1.165) is 25.2 Å². The van der Waals surface area contributed by atoms with Crippen LogP contribution in [0.5, 0.6) is 5.75 Å². The first-order chi connectivity index (χ1) is 12.4. The monoisotopic (exact) mass is 360 g/mol. The average molecular weight is 360 g/mol. The second kappa shape index (κ2) is 7.92. The van der Waals surface area contributed by atoms with Crippen LogP contribution in [0.15, 0.2) is 49.1 Å². The van der Waals surface area contributed by atoms with Gasteiger partial charge in [0.25, 0.3) is 0 Å². The third kappa shape index (κ3) is 5.68. The van der Waals surface area contributed by atoms with Gasteiger partial charge in [-0.3, -0.25) is 0 Å². The third-order valence-electron chi connectivity index (χ3n) is 4.91. The van der Waals surface area contributed by atoms with Crippen LogP contribution in [-0.2, 0) is 15.9 Å². The Hall–Kier alpha value is -1.66. The minimum absolute atomic E-state index is 0.175. The van der Waals surface area contributed by atoms with Gasteiger partial charge in [0, 0.05) is 19.3 Å². The summed E-state index contributed by atoms with van der Waals surface area (Å²) in [6.07, 6.45) is 8.80. The van der Waals surface area contributed by atoms with E-state index in [0.29, 0.717) is 31.4 Å². The maximum Gasteiger partial charge on any atom is 0.119 e. The molecule has 0 spiro atoms. The van der Waals surface area contributed by atoms with Gasteiger partial charge in [0.05, 0.1) is 36.6 Å². The molecule has 2 saturated heterocycles. The molecule has 3 N–H and O–H groups in total. The number of aromatic hydroxyl groups is 1. The van der Waals surface area contributed by atoms with Crippen molar-refractivity contribution in [1.82, 2.24) is 0 Å². The average Bonchev–Trinajstić information content (AvgIpc) is 3.48. The van der Waals surface area contributed by atoms with Gasteiger partial charge in [-0.15, -0.1) is 6.58 Å². The summed E-state index contributed by atoms with van der Waals surface area (Å²) in [6.45, 7) is 5.07. The minimum Gasteiger partial charge on any atom is -0.508 e. The van der Waals surface area contributed by atoms with Crippen molar-refractivity contribution >= 4 is 0 Å². The Kier molecular flexibility index (Phi) is 5.82. The van der Waals surface area contributed by atoms with E-state index in [1.807, 2.05) is 30.4 Å². The number of hydrogen-bond acceptors (Lipinski definition) is 5. The number of epoxide rings is 2. The van der Waals surface area contributed by atoms with Gasteiger partial charge < -0.3 is 24.8 Å². The Balaban J connectivity index is 0.000000170. The number of aliphatic hydroxyl groups is 2. The highest BCUT2D eigenvalue weighted by molar-refractivity contribution is 5.32. The Morgan fingerprint density at radius 1 is 1.12 bits per heavy atom. The van der Waals surface area contributed by atoms with Crippen molar-refractivity contribution in [2.45, 2.75) is 55.5 Å². The molecule has 1 aromatic rings. The summed E-state index contributed by atoms with van der Waals surface area (Å²) >= 11 is 0. The predicted octanol–water partition coefficient (Wildman–Crippen LogP) is 2.50. The fourth-order valence-electron chi connectivity index (χ4n) is 3.52. The van der Waals surface area contributed by atoms with Crippen LogP contribution < -0.4 is 0 Å². The smallest absolute Gasteiger partial charge is 0.119 e. The molecule has 3 aliphatic rings. The van der Waals surface area contributed by atoms with Crippen LogP contribution in [0.25, 0.3) is 0 Å². The van der Waals surface area contributed by atoms with Crippen LogP contribution in [0.4, 0.5) is 0 Å². The van der Waals surface area contributed by atoms with Crippen LogP contribution in [0.2, 0.25) is 0 Å². The molecule has 26 heavy (non-hydrogen) atoms. The summed E-state index contributed by atoms with van der Waals surface area (Å²) in [4.78, 5) is 0. The zero-order chi connectivity index (χ0) is 18.6. The zero-order valence-corrected chi connectivity index (χ0v) is 15.0. The molecule has 2 aliphatic heterocycles. The fourth-order valence-corrected chi connectivity index (χ4v) is 3.52. The fraction of sp³-hybridized carbons (Fsp3) is 0.524. The van der Waals surface area contributed by atoms with Crippen molar-refractivity contribution in [3.63, 3.8) is 0 Å². The summed E-state index contributed by atoms with van der Waals surface area (Å²) in [5.41, 5.74) is -0.777. The molecule has 2 fully saturated rings. The summed E-state index contributed by atoms with van der Waals surface area (Å²) in [7, 11) is 0. The van der Waals surface area contributed by atoms with E-state index in [-0.39, 0.29) is 12.2 Å². The van der Waals surface area contributed by atoms with E-state index in [4.69, 9.17) is 9.47 Å². The van der Waals surface area contributed by atoms with Crippen molar-refractivity contribution in [2.24, 2.45) is 0 Å². The highest BCUT2D eigenvalue weighted by Crippen LogP contribution is 2.40. The quantitative estimate of drug-likeness (QED) is 0.536. The van der Waals surface area contributed by atoms with Crippen molar-refractivity contribution in [3.8, 4) is 5.75 Å². The van der Waals surface area contributed by atoms with Gasteiger partial charge in [0.2, 0.25) is 0 Å². The summed E-state index contributed by atoms with van der Waals surface area (Å²) < 4.78 is 10.3. The SMILES string of the molecule is C=CCc1ccccc1O.OC1(CC2CO2)C=CCC(O)(CC2CO2)C1. The topological polar surface area (TPSA) is 85.8 Å². The molecule has 0 bridgehead atoms. The summed E-state index contributed by atoms with van der Waals surface area (Å²) in [6, 6.07) is 7.27. The van der Waals surface area contributed by atoms with E-state index in [2.05, 4.69) is 6.58 Å². The number of ether oxygens (including phenoxy) is 2. The molecule has 142 valence electrons. The lowest BCUT2D eigenvalue weighted by Gasteiger charge is -2.38. The van der Waals surface area contributed by atoms with Gasteiger partial charge in [-0.25, -0.2) is 0 Å². The predicted molar refractivity (Wildman–Crippen MR) is 99.0 cm³/mol. The van der Waals surface area contributed by atoms with Crippen LogP contribution in [0.1, 0.15) is 31.2 Å². The Morgan fingerprint density at radius 3 is 2.38 bits per heavy atom. The Morgan fingerprint density at radius 2 is 1.77 bits per heavy atom. The molecule has 1 aliphatic carbocycles. The van der Waals surface area contributed by atoms with Crippen molar-refractivity contribution < 1.29 is 24.8 Å². The lowest BCUT2D eigenvalue weighted by molar-refractivity contribution is -0.0611. The Bertz CT molecular complexity index is 650. The third-order valence-corrected chi connectivity index (χ3v) is 4.91. The highest BCUT2D eigenvalue weighted by Gasteiger charge is 2.45. The van der Waals surface area contributed by atoms with Crippen LogP contribution >= 0.6 is 0 Å². The molecule has 5 nitrogen and oxygen atoms in total. The minimum atomic E-state index is -0.900. The van der Waals surface area contributed by atoms with Gasteiger partial charge in [0.1, 0.15) is 5.75 Å². The molecule has 0 amide bonds. The van der Waals surface area contributed by atoms with Crippen molar-refractivity contribution in [1.29, 1.82) is 0 Å². The maximum absolute atomic E-state index is 10.4. The number of allylic oxidation sites excluding steroid dienone is 1. The normalized spacial score (nSPS) is 34.5. The second-order valence-corrected chi connectivity index (χ2v) is 7.55. The molecule has 4 unspecified atom stereocenters. The molecule has 1 aromatic carbocycles. The summed E-state index contributed by atoms with van der Waals surface area (Å²) in [5.74, 6) is 0.349. The van der Waals surface area contributed by atoms with Crippen LogP contribution in [0.3, 0.4) is 0 Å². The lowest BCUT2D eigenvalue weighted by atomic mass is 9.75. The van der Waals surface area contributed by atoms with Crippen molar-refractivity contribution in [2.75, 3.05) is 13.2 Å². The van der Waals surface area contributed by atoms with Crippen LogP contribution in [-0.4, -0.2) is 51.9 Å². The molecule has 0 aromatic heterocycles. The molecular formula is C21H28O5. The van der Waals surface area contributed by atoms with E-state index >= 15 is 0 Å². The molecule has 0 saturated carbocycles. The highest BCUT2D eigenvalue weighted by atomic mass is 16.6. The maximum atomic E-state index is 10.4. The summed E-state index contributed by atoms with van der Waals surface area (Å²) in [5, 5.41) is 30.0. The second-order valence-electron chi connectivity index (χ2n) is 7.55. The molecule has 2 heterocycles. The molecule has 4 atom stereocenters. The van der Waals surface area contributed by atoms with Gasteiger partial charge in [-0.1, -0.05) is 36.4 Å². The standard InChI is InChI=1S/C12H18O4.C9H10O/c13-11(4-9-6-15-9)2-1-3-12(14,8-11)5-10-7-16-10;1-2-5-8-6-3-4-7-9(8)10/h1-2,9-10,13-14H,3-8H2;2-4,6-7,10H,1,5H2. The molecular weight excluding hydrogens is 332 g/mol. The van der Waals surface area contributed by atoms with Gasteiger partial charge in [-0.05, 0) is 24.5 Å². The number of phenolic OH excluding ortho intramolecular Hbond substituents is 1. The molecule has 5 heteroatoms. The Labute approximate surface area is 154 Å². The van der Waals surface area contributed by atoms with E-state index in [9.17, 15) is 15.3 Å². The first-order valence-corrected chi connectivity index (χ1v) is 9.15. The lowest BCUT2D eigenvalue weighted by Crippen LogP contribution is -2.44. The van der Waals surface area contributed by atoms with E-state index in [1.54, 1.807) is 12.1 Å². The number of hydrogen-bond donors (Lipinski definition) is 3. The van der Waals surface area contributed by atoms with Crippen molar-refractivity contribution in [3.05, 3.63) is 54.6 Å². The van der Waals surface area contributed by atoms with Gasteiger partial charge in [-0.2, -0.15) is 0 Å². The number of para-hydroxylation sites is 1. The van der Waals surface area contributed by atoms with Crippen LogP contribution in [0, 0.1) is 0 Å². The number of benzene rings is 1. The number of rotatable bonds is 6. The molecule has 4 rings (SSSR count). The number of phenols is 1. The first-order valence-electron chi connectivity index (χ1n) is 9.15. The van der Waals surface area contributed by atoms with Gasteiger partial charge in [0.15, 0.2) is 0 Å². The zero-order valence-electron chi connectivity index (χ0n) is 15.0. The van der Waals surface area contributed by atoms with Gasteiger partial charge >= 0.3 is 0 Å². The largest absolute Gasteiger partial charge is 0.508 e. The van der Waals surface area contributed by atoms with E-state index in [1.165, 1.54) is 0 Å². The first kappa shape index (κ1) is 19.1.